The van der Waals surface area contributed by atoms with Crippen LogP contribution in [-0.4, -0.2) is 50.0 Å². The van der Waals surface area contributed by atoms with Crippen LogP contribution in [0.1, 0.15) is 63.1 Å². The van der Waals surface area contributed by atoms with Gasteiger partial charge in [-0.25, -0.2) is 8.42 Å². The number of anilines is 1. The van der Waals surface area contributed by atoms with E-state index >= 15 is 0 Å². The van der Waals surface area contributed by atoms with E-state index in [2.05, 4.69) is 5.32 Å². The van der Waals surface area contributed by atoms with E-state index in [1.54, 1.807) is 23.1 Å². The van der Waals surface area contributed by atoms with Crippen molar-refractivity contribution in [1.82, 2.24) is 10.2 Å². The molecule has 0 fully saturated rings. The summed E-state index contributed by atoms with van der Waals surface area (Å²) in [5, 5.41) is 3.59. The average molecular weight is 550 g/mol. The minimum absolute atomic E-state index is 0.00470. The van der Waals surface area contributed by atoms with E-state index < -0.39 is 16.1 Å². The van der Waals surface area contributed by atoms with Gasteiger partial charge in [-0.3, -0.25) is 13.9 Å². The molecule has 2 amide bonds. The molecular weight excluding hydrogens is 510 g/mol. The number of rotatable bonds is 13. The Morgan fingerprint density at radius 1 is 1.03 bits per heavy atom. The first-order chi connectivity index (χ1) is 17.4. The fourth-order valence-corrected chi connectivity index (χ4v) is 5.28. The topological polar surface area (TPSA) is 86.8 Å². The first kappa shape index (κ1) is 30.6. The molecule has 0 aliphatic carbocycles. The molecule has 0 aliphatic heterocycles. The van der Waals surface area contributed by atoms with Crippen molar-refractivity contribution in [2.24, 2.45) is 0 Å². The Hall–Kier alpha value is -2.58. The van der Waals surface area contributed by atoms with E-state index in [0.717, 1.165) is 23.1 Å². The number of sulfonamides is 1. The smallest absolute Gasteiger partial charge is 0.243 e. The number of amides is 2. The highest BCUT2D eigenvalue weighted by Gasteiger charge is 2.29. The van der Waals surface area contributed by atoms with Crippen molar-refractivity contribution >= 4 is 39.1 Å². The molecule has 0 aromatic heterocycles. The van der Waals surface area contributed by atoms with Gasteiger partial charge in [-0.1, -0.05) is 49.7 Å². The number of carbonyl (C=O) groups excluding carboxylic acids is 2. The van der Waals surface area contributed by atoms with E-state index in [0.29, 0.717) is 23.6 Å². The molecule has 0 saturated heterocycles. The van der Waals surface area contributed by atoms with Crippen LogP contribution in [0, 0.1) is 13.8 Å². The number of nitrogens with zero attached hydrogens (tertiary/aromatic N) is 2. The molecule has 0 radical (unpaired) electrons. The van der Waals surface area contributed by atoms with Gasteiger partial charge in [0.15, 0.2) is 0 Å². The van der Waals surface area contributed by atoms with Crippen molar-refractivity contribution in [2.75, 3.05) is 17.1 Å². The summed E-state index contributed by atoms with van der Waals surface area (Å²) in [4.78, 5) is 28.2. The monoisotopic (exact) mass is 549 g/mol. The van der Waals surface area contributed by atoms with Crippen molar-refractivity contribution in [1.29, 1.82) is 0 Å². The molecule has 2 atom stereocenters. The molecule has 0 bridgehead atoms. The Morgan fingerprint density at radius 2 is 1.68 bits per heavy atom. The van der Waals surface area contributed by atoms with Gasteiger partial charge in [0.2, 0.25) is 21.8 Å². The van der Waals surface area contributed by atoms with Gasteiger partial charge < -0.3 is 10.2 Å². The number of hydrogen-bond donors (Lipinski definition) is 1. The molecule has 1 N–H and O–H groups in total. The second kappa shape index (κ2) is 13.8. The zero-order chi connectivity index (χ0) is 27.8. The Morgan fingerprint density at radius 3 is 2.24 bits per heavy atom. The summed E-state index contributed by atoms with van der Waals surface area (Å²) in [6.45, 7) is 10.1. The normalized spacial score (nSPS) is 13.1. The zero-order valence-corrected chi connectivity index (χ0v) is 24.3. The maximum absolute atomic E-state index is 13.5. The van der Waals surface area contributed by atoms with Crippen LogP contribution in [0.15, 0.2) is 42.5 Å². The molecule has 2 rings (SSSR count). The second-order valence-corrected chi connectivity index (χ2v) is 11.9. The molecule has 0 spiro atoms. The quantitative estimate of drug-likeness (QED) is 0.371. The summed E-state index contributed by atoms with van der Waals surface area (Å²) in [6, 6.07) is 12.1. The van der Waals surface area contributed by atoms with Crippen molar-refractivity contribution in [3.05, 3.63) is 64.2 Å². The summed E-state index contributed by atoms with van der Waals surface area (Å²) in [5.41, 5.74) is 3.36. The van der Waals surface area contributed by atoms with E-state index in [4.69, 9.17) is 11.6 Å². The van der Waals surface area contributed by atoms with Crippen molar-refractivity contribution in [2.45, 2.75) is 78.9 Å². The molecular formula is C28H40ClN3O4S. The highest BCUT2D eigenvalue weighted by molar-refractivity contribution is 7.92. The lowest BCUT2D eigenvalue weighted by Gasteiger charge is -2.32. The lowest BCUT2D eigenvalue weighted by Crippen LogP contribution is -2.50. The Kier molecular flexibility index (Phi) is 11.4. The van der Waals surface area contributed by atoms with E-state index in [1.807, 2.05) is 58.9 Å². The predicted octanol–water partition coefficient (Wildman–Crippen LogP) is 5.23. The number of benzene rings is 2. The maximum Gasteiger partial charge on any atom is 0.243 e. The predicted molar refractivity (Wildman–Crippen MR) is 151 cm³/mol. The number of carbonyl (C=O) groups is 2. The largest absolute Gasteiger partial charge is 0.352 e. The second-order valence-electron chi connectivity index (χ2n) is 9.55. The zero-order valence-electron chi connectivity index (χ0n) is 22.8. The SMILES string of the molecule is CC[C@@H](C)NC(=O)[C@H](CC)N(Cc1ccc(Cl)cc1)C(=O)CCCN(c1cccc(C)c1C)S(C)(=O)=O. The summed E-state index contributed by atoms with van der Waals surface area (Å²) >= 11 is 6.03. The molecule has 204 valence electrons. The van der Waals surface area contributed by atoms with Crippen LogP contribution in [0.2, 0.25) is 5.02 Å². The third-order valence-electron chi connectivity index (χ3n) is 6.65. The Labute approximate surface area is 227 Å². The lowest BCUT2D eigenvalue weighted by molar-refractivity contribution is -0.141. The molecule has 37 heavy (non-hydrogen) atoms. The number of hydrogen-bond acceptors (Lipinski definition) is 4. The van der Waals surface area contributed by atoms with Gasteiger partial charge in [0, 0.05) is 30.6 Å². The molecule has 0 unspecified atom stereocenters. The van der Waals surface area contributed by atoms with Crippen LogP contribution < -0.4 is 9.62 Å². The molecule has 0 aliphatic rings. The third kappa shape index (κ3) is 8.75. The highest BCUT2D eigenvalue weighted by Crippen LogP contribution is 2.25. The fraction of sp³-hybridized carbons (Fsp3) is 0.500. The average Bonchev–Trinajstić information content (AvgIpc) is 2.84. The van der Waals surface area contributed by atoms with Gasteiger partial charge in [-0.2, -0.15) is 0 Å². The maximum atomic E-state index is 13.5. The first-order valence-corrected chi connectivity index (χ1v) is 15.0. The number of aryl methyl sites for hydroxylation is 1. The number of nitrogens with one attached hydrogen (secondary N) is 1. The van der Waals surface area contributed by atoms with Crippen LogP contribution in [0.3, 0.4) is 0 Å². The lowest BCUT2D eigenvalue weighted by atomic mass is 10.1. The van der Waals surface area contributed by atoms with Gasteiger partial charge in [0.25, 0.3) is 0 Å². The highest BCUT2D eigenvalue weighted by atomic mass is 35.5. The molecule has 0 saturated carbocycles. The molecule has 0 heterocycles. The molecule has 7 nitrogen and oxygen atoms in total. The minimum Gasteiger partial charge on any atom is -0.352 e. The first-order valence-electron chi connectivity index (χ1n) is 12.8. The van der Waals surface area contributed by atoms with Crippen LogP contribution in [-0.2, 0) is 26.2 Å². The van der Waals surface area contributed by atoms with Crippen LogP contribution in [0.4, 0.5) is 5.69 Å². The summed E-state index contributed by atoms with van der Waals surface area (Å²) in [7, 11) is -3.55. The third-order valence-corrected chi connectivity index (χ3v) is 8.08. The summed E-state index contributed by atoms with van der Waals surface area (Å²) in [5.74, 6) is -0.386. The van der Waals surface area contributed by atoms with Crippen molar-refractivity contribution in [3.8, 4) is 0 Å². The van der Waals surface area contributed by atoms with Crippen molar-refractivity contribution < 1.29 is 18.0 Å². The standard InChI is InChI=1S/C28H40ClN3O4S/c1-7-21(4)30-28(34)25(8-2)31(19-23-14-16-24(29)17-15-23)27(33)13-10-18-32(37(6,35)36)26-12-9-11-20(3)22(26)5/h9,11-12,14-17,21,25H,7-8,10,13,18-19H2,1-6H3,(H,30,34)/t21-,25+/m1/s1. The van der Waals surface area contributed by atoms with E-state index in [9.17, 15) is 18.0 Å². The van der Waals surface area contributed by atoms with Crippen molar-refractivity contribution in [3.63, 3.8) is 0 Å². The fourth-order valence-electron chi connectivity index (χ4n) is 4.14. The van der Waals surface area contributed by atoms with Gasteiger partial charge in [-0.05, 0) is 74.9 Å². The minimum atomic E-state index is -3.55. The Bertz CT molecular complexity index is 1170. The molecule has 2 aromatic rings. The Balaban J connectivity index is 2.25. The van der Waals surface area contributed by atoms with Crippen LogP contribution in [0.5, 0.6) is 0 Å². The van der Waals surface area contributed by atoms with Gasteiger partial charge >= 0.3 is 0 Å². The number of halogens is 1. The molecule has 2 aromatic carbocycles. The van der Waals surface area contributed by atoms with E-state index in [1.165, 1.54) is 10.6 Å². The van der Waals surface area contributed by atoms with E-state index in [-0.39, 0.29) is 37.4 Å². The summed E-state index contributed by atoms with van der Waals surface area (Å²) in [6.07, 6.45) is 2.85. The molecule has 9 heteroatoms. The van der Waals surface area contributed by atoms with Gasteiger partial charge in [0.05, 0.1) is 11.9 Å². The van der Waals surface area contributed by atoms with Crippen LogP contribution >= 0.6 is 11.6 Å². The van der Waals surface area contributed by atoms with Gasteiger partial charge in [0.1, 0.15) is 6.04 Å². The summed E-state index contributed by atoms with van der Waals surface area (Å²) < 4.78 is 26.6. The van der Waals surface area contributed by atoms with Gasteiger partial charge in [-0.15, -0.1) is 0 Å². The van der Waals surface area contributed by atoms with Crippen LogP contribution in [0.25, 0.3) is 0 Å².